The van der Waals surface area contributed by atoms with E-state index in [2.05, 4.69) is 15.3 Å². The highest BCUT2D eigenvalue weighted by Crippen LogP contribution is 2.47. The van der Waals surface area contributed by atoms with Crippen LogP contribution in [0, 0.1) is 5.92 Å². The maximum atomic E-state index is 12.9. The minimum Gasteiger partial charge on any atom is -0.718 e. The molecule has 13 heteroatoms. The first kappa shape index (κ1) is 27.0. The number of fused-ring (bicyclic) bond motifs is 2. The summed E-state index contributed by atoms with van der Waals surface area (Å²) >= 11 is 12.0. The van der Waals surface area contributed by atoms with Gasteiger partial charge in [-0.3, -0.25) is 19.2 Å². The van der Waals surface area contributed by atoms with E-state index in [0.29, 0.717) is 11.4 Å². The van der Waals surface area contributed by atoms with Crippen molar-refractivity contribution >= 4 is 59.5 Å². The molecule has 2 aliphatic rings. The van der Waals surface area contributed by atoms with E-state index < -0.39 is 60.6 Å². The van der Waals surface area contributed by atoms with Crippen LogP contribution in [-0.4, -0.2) is 60.1 Å². The number of hydrogen-bond acceptors (Lipinski definition) is 7. The standard InChI is InChI=1S/C22H27BCl2N2O8/c1-12(2)6-13(7-15(28)11-27-20(31)16-8-14(24)4-5-17(16)25)23-33-19(30)10-22(35-23,21(32)34-23)9-18(29)26-3/h4-5,8,12-13,33H,6-7,9-11H2,1-3H3,(H,26,29)(H,27,31)/t13-,22+,23?/m1/s1. The second kappa shape index (κ2) is 10.6. The predicted octanol–water partition coefficient (Wildman–Crippen LogP) is 1.94. The fourth-order valence-corrected chi connectivity index (χ4v) is 4.83. The average Bonchev–Trinajstić information content (AvgIpc) is 2.98. The fraction of sp³-hybridized carbons (Fsp3) is 0.500. The molecule has 2 saturated heterocycles. The molecule has 0 saturated carbocycles. The molecule has 1 aromatic carbocycles. The Morgan fingerprint density at radius 3 is 2.60 bits per heavy atom. The van der Waals surface area contributed by atoms with Gasteiger partial charge >= 0.3 is 12.7 Å². The molecule has 0 aliphatic carbocycles. The quantitative estimate of drug-likeness (QED) is 0.349. The van der Waals surface area contributed by atoms with E-state index >= 15 is 0 Å². The lowest BCUT2D eigenvalue weighted by molar-refractivity contribution is -0.169. The lowest BCUT2D eigenvalue weighted by Crippen LogP contribution is -2.58. The molecule has 0 spiro atoms. The Morgan fingerprint density at radius 2 is 1.94 bits per heavy atom. The second-order valence-electron chi connectivity index (χ2n) is 9.23. The number of amides is 2. The van der Waals surface area contributed by atoms with Crippen molar-refractivity contribution in [3.63, 3.8) is 0 Å². The molecule has 2 heterocycles. The summed E-state index contributed by atoms with van der Waals surface area (Å²) in [5.41, 5.74) is -1.65. The number of carbonyl (C=O) groups excluding carboxylic acids is 4. The van der Waals surface area contributed by atoms with Crippen LogP contribution >= 0.6 is 23.2 Å². The summed E-state index contributed by atoms with van der Waals surface area (Å²) in [6, 6.07) is 4.39. The molecule has 3 atom stereocenters. The number of halogens is 2. The summed E-state index contributed by atoms with van der Waals surface area (Å²) in [5, 5.41) is 5.40. The van der Waals surface area contributed by atoms with Crippen molar-refractivity contribution in [1.82, 2.24) is 10.6 Å². The number of aliphatic carboxylic acids is 1. The smallest absolute Gasteiger partial charge is 0.576 e. The van der Waals surface area contributed by atoms with E-state index in [-0.39, 0.29) is 29.5 Å². The van der Waals surface area contributed by atoms with Crippen LogP contribution in [0.25, 0.3) is 0 Å². The number of Topliss-reactive ketones (excluding diaryl/α,β-unsaturated/α-hetero) is 1. The molecule has 0 aromatic heterocycles. The maximum absolute atomic E-state index is 12.9. The van der Waals surface area contributed by atoms with Crippen molar-refractivity contribution in [3.05, 3.63) is 33.8 Å². The molecule has 2 amide bonds. The van der Waals surface area contributed by atoms with Gasteiger partial charge in [-0.1, -0.05) is 43.5 Å². The topological polar surface area (TPSA) is 141 Å². The lowest BCUT2D eigenvalue weighted by Gasteiger charge is -2.43. The summed E-state index contributed by atoms with van der Waals surface area (Å²) in [4.78, 5) is 62.6. The van der Waals surface area contributed by atoms with Gasteiger partial charge in [0, 0.05) is 16.9 Å². The molecule has 2 aliphatic heterocycles. The van der Waals surface area contributed by atoms with Crippen LogP contribution in [0.15, 0.2) is 18.2 Å². The molecular formula is C22H27BCl2N2O8. The number of carbonyl (C=O) groups is 5. The molecular weight excluding hydrogens is 502 g/mol. The summed E-state index contributed by atoms with van der Waals surface area (Å²) in [6.45, 7) is 0.598. The van der Waals surface area contributed by atoms with Gasteiger partial charge < -0.3 is 24.6 Å². The Balaban J connectivity index is 1.76. The van der Waals surface area contributed by atoms with E-state index in [1.54, 1.807) is 0 Å². The maximum Gasteiger partial charge on any atom is 0.576 e. The number of benzene rings is 1. The minimum absolute atomic E-state index is 0.0346. The van der Waals surface area contributed by atoms with E-state index in [0.717, 1.165) is 0 Å². The first-order valence-electron chi connectivity index (χ1n) is 11.2. The summed E-state index contributed by atoms with van der Waals surface area (Å²) in [5.74, 6) is -3.67. The third-order valence-electron chi connectivity index (χ3n) is 6.01. The largest absolute Gasteiger partial charge is 0.718 e. The zero-order chi connectivity index (χ0) is 26.0. The molecule has 190 valence electrons. The third kappa shape index (κ3) is 5.96. The molecule has 1 unspecified atom stereocenters. The van der Waals surface area contributed by atoms with Crippen molar-refractivity contribution in [3.8, 4) is 0 Å². The molecule has 10 nitrogen and oxygen atoms in total. The van der Waals surface area contributed by atoms with Crippen molar-refractivity contribution < 1.29 is 37.9 Å². The van der Waals surface area contributed by atoms with Gasteiger partial charge in [0.2, 0.25) is 5.91 Å². The zero-order valence-electron chi connectivity index (χ0n) is 19.6. The van der Waals surface area contributed by atoms with Crippen molar-refractivity contribution in [1.29, 1.82) is 0 Å². The minimum atomic E-state index is -2.85. The first-order valence-corrected chi connectivity index (χ1v) is 11.9. The number of nitrogens with one attached hydrogen (secondary N) is 2. The first-order chi connectivity index (χ1) is 16.4. The van der Waals surface area contributed by atoms with Crippen LogP contribution < -0.4 is 10.6 Å². The van der Waals surface area contributed by atoms with Gasteiger partial charge in [-0.25, -0.2) is 0 Å². The van der Waals surface area contributed by atoms with Gasteiger partial charge in [-0.2, -0.15) is 0 Å². The van der Waals surface area contributed by atoms with Gasteiger partial charge in [0.1, 0.15) is 12.2 Å². The average molecular weight is 529 g/mol. The Kier molecular flexibility index (Phi) is 8.13. The monoisotopic (exact) mass is 528 g/mol. The highest BCUT2D eigenvalue weighted by molar-refractivity contribution is 6.67. The number of rotatable bonds is 10. The Labute approximate surface area is 212 Å². The van der Waals surface area contributed by atoms with Crippen LogP contribution in [0.4, 0.5) is 0 Å². The SMILES string of the molecule is CNC(=O)C[C@]12CC(=O)[OH+][B-]([C@@H](CC(=O)CNC(=O)c3cc(Cl)ccc3Cl)CC(C)C)(OC1=O)O2. The highest BCUT2D eigenvalue weighted by atomic mass is 35.5. The summed E-state index contributed by atoms with van der Waals surface area (Å²) in [6.07, 6.45) is -0.644. The lowest BCUT2D eigenvalue weighted by atomic mass is 9.57. The van der Waals surface area contributed by atoms with Gasteiger partial charge in [-0.05, 0) is 36.4 Å². The highest BCUT2D eigenvalue weighted by Gasteiger charge is 2.67. The zero-order valence-corrected chi connectivity index (χ0v) is 21.1. The van der Waals surface area contributed by atoms with Gasteiger partial charge in [0.15, 0.2) is 5.60 Å². The molecule has 35 heavy (non-hydrogen) atoms. The second-order valence-corrected chi connectivity index (χ2v) is 10.1. The van der Waals surface area contributed by atoms with Crippen LogP contribution in [0.3, 0.4) is 0 Å². The Bertz CT molecular complexity index is 1070. The van der Waals surface area contributed by atoms with Crippen LogP contribution in [0.2, 0.25) is 15.9 Å². The van der Waals surface area contributed by atoms with Gasteiger partial charge in [0.25, 0.3) is 11.9 Å². The van der Waals surface area contributed by atoms with E-state index in [4.69, 9.17) is 32.5 Å². The predicted molar refractivity (Wildman–Crippen MR) is 128 cm³/mol. The number of hydrogen-bond donors (Lipinski definition) is 2. The van der Waals surface area contributed by atoms with E-state index in [1.807, 2.05) is 13.8 Å². The van der Waals surface area contributed by atoms with Crippen LogP contribution in [-0.2, 0) is 28.5 Å². The number of ketones is 1. The molecule has 1 aromatic rings. The summed E-state index contributed by atoms with van der Waals surface area (Å²) in [7, 11) is 1.40. The fourth-order valence-electron chi connectivity index (χ4n) is 4.46. The van der Waals surface area contributed by atoms with Crippen molar-refractivity contribution in [2.45, 2.75) is 50.9 Å². The van der Waals surface area contributed by atoms with E-state index in [1.165, 1.54) is 25.2 Å². The van der Waals surface area contributed by atoms with Crippen LogP contribution in [0.5, 0.6) is 0 Å². The normalized spacial score (nSPS) is 23.9. The van der Waals surface area contributed by atoms with Gasteiger partial charge in [0.05, 0.1) is 23.6 Å². The van der Waals surface area contributed by atoms with Crippen molar-refractivity contribution in [2.75, 3.05) is 13.6 Å². The van der Waals surface area contributed by atoms with Crippen LogP contribution in [0.1, 0.15) is 49.9 Å². The summed E-state index contributed by atoms with van der Waals surface area (Å²) < 4.78 is 15.6. The Morgan fingerprint density at radius 1 is 1.23 bits per heavy atom. The molecule has 3 rings (SSSR count). The van der Waals surface area contributed by atoms with Crippen molar-refractivity contribution in [2.24, 2.45) is 5.92 Å². The molecule has 2 fully saturated rings. The number of carboxylic acids is 1. The molecule has 2 bridgehead atoms. The van der Waals surface area contributed by atoms with E-state index in [9.17, 15) is 24.0 Å². The molecule has 3 N–H and O–H groups in total. The molecule has 0 radical (unpaired) electrons. The van der Waals surface area contributed by atoms with Gasteiger partial charge in [-0.15, -0.1) is 0 Å². The Hall–Kier alpha value is -2.63. The third-order valence-corrected chi connectivity index (χ3v) is 6.57.